The Kier molecular flexibility index (Phi) is 5.24. The molecule has 27 heavy (non-hydrogen) atoms. The van der Waals surface area contributed by atoms with Gasteiger partial charge in [0, 0.05) is 36.6 Å². The Morgan fingerprint density at radius 2 is 2.00 bits per heavy atom. The molecular formula is C21H25ClN2O3. The molecule has 1 aliphatic carbocycles. The van der Waals surface area contributed by atoms with Crippen LogP contribution in [-0.2, 0) is 20.9 Å². The van der Waals surface area contributed by atoms with Crippen LogP contribution in [0.5, 0.6) is 0 Å². The molecule has 0 radical (unpaired) electrons. The second kappa shape index (κ2) is 7.64. The summed E-state index contributed by atoms with van der Waals surface area (Å²) in [6, 6.07) is 10.8. The fraction of sp³-hybridized carbons (Fsp3) is 0.524. The minimum absolute atomic E-state index is 0.0288. The standard InChI is InChI=1S/C21H25ClN2O3/c1-2-27-21(26)17-18(22)15-9-6-10-16-19(15)24(20(17)25)12-11-23(16)13-14-7-4-3-5-8-14/h3-5,7-8,15-16,19H,2,6,9-13H2,1H3. The van der Waals surface area contributed by atoms with Crippen molar-refractivity contribution >= 4 is 23.5 Å². The van der Waals surface area contributed by atoms with E-state index >= 15 is 0 Å². The summed E-state index contributed by atoms with van der Waals surface area (Å²) < 4.78 is 5.10. The molecule has 2 aliphatic heterocycles. The van der Waals surface area contributed by atoms with Gasteiger partial charge in [-0.1, -0.05) is 48.4 Å². The smallest absolute Gasteiger partial charge is 0.344 e. The number of ether oxygens (including phenoxy) is 1. The monoisotopic (exact) mass is 388 g/mol. The van der Waals surface area contributed by atoms with Gasteiger partial charge < -0.3 is 9.64 Å². The minimum Gasteiger partial charge on any atom is -0.462 e. The Bertz CT molecular complexity index is 764. The molecule has 5 nitrogen and oxygen atoms in total. The molecule has 6 heteroatoms. The maximum Gasteiger partial charge on any atom is 0.344 e. The Balaban J connectivity index is 1.63. The molecule has 2 fully saturated rings. The van der Waals surface area contributed by atoms with E-state index in [1.807, 2.05) is 11.0 Å². The predicted molar refractivity (Wildman–Crippen MR) is 103 cm³/mol. The molecular weight excluding hydrogens is 364 g/mol. The van der Waals surface area contributed by atoms with E-state index in [-0.39, 0.29) is 36.1 Å². The van der Waals surface area contributed by atoms with Gasteiger partial charge in [0.1, 0.15) is 5.57 Å². The topological polar surface area (TPSA) is 49.9 Å². The number of esters is 1. The van der Waals surface area contributed by atoms with Crippen molar-refractivity contribution in [1.29, 1.82) is 0 Å². The zero-order chi connectivity index (χ0) is 19.0. The number of amides is 1. The summed E-state index contributed by atoms with van der Waals surface area (Å²) in [5.41, 5.74) is 1.33. The number of piperazine rings is 1. The van der Waals surface area contributed by atoms with E-state index in [1.54, 1.807) is 6.92 Å². The van der Waals surface area contributed by atoms with Crippen LogP contribution in [0.3, 0.4) is 0 Å². The Hall–Kier alpha value is -1.85. The van der Waals surface area contributed by atoms with E-state index in [4.69, 9.17) is 16.3 Å². The second-order valence-corrected chi connectivity index (χ2v) is 7.90. The highest BCUT2D eigenvalue weighted by Crippen LogP contribution is 2.44. The molecule has 0 bridgehead atoms. The molecule has 3 unspecified atom stereocenters. The molecule has 1 aromatic carbocycles. The minimum atomic E-state index is -0.584. The van der Waals surface area contributed by atoms with Crippen LogP contribution in [-0.4, -0.2) is 53.5 Å². The first kappa shape index (κ1) is 18.5. The molecule has 1 amide bonds. The number of halogens is 1. The van der Waals surface area contributed by atoms with Crippen molar-refractivity contribution in [1.82, 2.24) is 9.80 Å². The predicted octanol–water partition coefficient (Wildman–Crippen LogP) is 2.94. The maximum absolute atomic E-state index is 13.0. The van der Waals surface area contributed by atoms with Crippen LogP contribution in [0.25, 0.3) is 0 Å². The lowest BCUT2D eigenvalue weighted by molar-refractivity contribution is -0.148. The van der Waals surface area contributed by atoms with E-state index in [2.05, 4.69) is 29.2 Å². The second-order valence-electron chi connectivity index (χ2n) is 7.49. The van der Waals surface area contributed by atoms with Crippen molar-refractivity contribution in [2.24, 2.45) is 5.92 Å². The van der Waals surface area contributed by atoms with Gasteiger partial charge in [0.05, 0.1) is 12.6 Å². The van der Waals surface area contributed by atoms with Gasteiger partial charge in [-0.05, 0) is 25.3 Å². The zero-order valence-electron chi connectivity index (χ0n) is 15.6. The van der Waals surface area contributed by atoms with Crippen LogP contribution in [0, 0.1) is 5.92 Å². The molecule has 0 spiro atoms. The van der Waals surface area contributed by atoms with Gasteiger partial charge in [0.2, 0.25) is 0 Å². The van der Waals surface area contributed by atoms with Crippen molar-refractivity contribution in [3.8, 4) is 0 Å². The number of benzene rings is 1. The summed E-state index contributed by atoms with van der Waals surface area (Å²) in [4.78, 5) is 29.7. The maximum atomic E-state index is 13.0. The van der Waals surface area contributed by atoms with Crippen LogP contribution < -0.4 is 0 Å². The van der Waals surface area contributed by atoms with E-state index in [9.17, 15) is 9.59 Å². The molecule has 3 aliphatic rings. The number of carbonyl (C=O) groups is 2. The lowest BCUT2D eigenvalue weighted by Gasteiger charge is -2.55. The number of rotatable bonds is 4. The summed E-state index contributed by atoms with van der Waals surface area (Å²) in [6.45, 7) is 4.28. The molecule has 0 N–H and O–H groups in total. The third-order valence-electron chi connectivity index (χ3n) is 6.03. The molecule has 0 aromatic heterocycles. The summed E-state index contributed by atoms with van der Waals surface area (Å²) in [7, 11) is 0. The normalized spacial score (nSPS) is 28.1. The van der Waals surface area contributed by atoms with Crippen LogP contribution in [0.2, 0.25) is 0 Å². The van der Waals surface area contributed by atoms with Crippen LogP contribution >= 0.6 is 11.6 Å². The first-order chi connectivity index (χ1) is 13.1. The van der Waals surface area contributed by atoms with E-state index in [0.717, 1.165) is 32.4 Å². The fourth-order valence-electron chi connectivity index (χ4n) is 4.88. The quantitative estimate of drug-likeness (QED) is 0.587. The van der Waals surface area contributed by atoms with Crippen molar-refractivity contribution in [3.63, 3.8) is 0 Å². The van der Waals surface area contributed by atoms with Crippen molar-refractivity contribution in [2.75, 3.05) is 19.7 Å². The first-order valence-electron chi connectivity index (χ1n) is 9.77. The average Bonchev–Trinajstić information content (AvgIpc) is 2.68. The summed E-state index contributed by atoms with van der Waals surface area (Å²) in [5.74, 6) is -0.813. The fourth-order valence-corrected chi connectivity index (χ4v) is 5.27. The van der Waals surface area contributed by atoms with Gasteiger partial charge in [-0.2, -0.15) is 0 Å². The highest BCUT2D eigenvalue weighted by molar-refractivity contribution is 6.36. The summed E-state index contributed by atoms with van der Waals surface area (Å²) in [6.07, 6.45) is 3.01. The largest absolute Gasteiger partial charge is 0.462 e. The van der Waals surface area contributed by atoms with Gasteiger partial charge in [0.15, 0.2) is 0 Å². The number of hydrogen-bond acceptors (Lipinski definition) is 4. The zero-order valence-corrected chi connectivity index (χ0v) is 16.3. The molecule has 1 aromatic rings. The third-order valence-corrected chi connectivity index (χ3v) is 6.49. The Labute approximate surface area is 164 Å². The van der Waals surface area contributed by atoms with Gasteiger partial charge in [-0.3, -0.25) is 9.69 Å². The average molecular weight is 389 g/mol. The van der Waals surface area contributed by atoms with Gasteiger partial charge in [-0.15, -0.1) is 0 Å². The lowest BCUT2D eigenvalue weighted by Crippen LogP contribution is -2.66. The van der Waals surface area contributed by atoms with Crippen LogP contribution in [0.4, 0.5) is 0 Å². The summed E-state index contributed by atoms with van der Waals surface area (Å²) in [5, 5.41) is 0.408. The Morgan fingerprint density at radius 3 is 2.74 bits per heavy atom. The van der Waals surface area contributed by atoms with Crippen LogP contribution in [0.1, 0.15) is 31.7 Å². The highest BCUT2D eigenvalue weighted by Gasteiger charge is 2.51. The number of carbonyl (C=O) groups excluding carboxylic acids is 2. The summed E-state index contributed by atoms with van der Waals surface area (Å²) >= 11 is 6.61. The van der Waals surface area contributed by atoms with Gasteiger partial charge in [0.25, 0.3) is 5.91 Å². The molecule has 144 valence electrons. The van der Waals surface area contributed by atoms with Crippen molar-refractivity contribution in [3.05, 3.63) is 46.5 Å². The Morgan fingerprint density at radius 1 is 1.22 bits per heavy atom. The molecule has 4 rings (SSSR count). The van der Waals surface area contributed by atoms with E-state index < -0.39 is 5.97 Å². The van der Waals surface area contributed by atoms with E-state index in [0.29, 0.717) is 11.6 Å². The SMILES string of the molecule is CCOC(=O)C1=C(Cl)C2CCCC3C2N(CCN3Cc2ccccc2)C1=O. The molecule has 1 saturated heterocycles. The van der Waals surface area contributed by atoms with Crippen molar-refractivity contribution in [2.45, 2.75) is 44.8 Å². The first-order valence-corrected chi connectivity index (χ1v) is 10.1. The van der Waals surface area contributed by atoms with E-state index in [1.165, 1.54) is 5.56 Å². The van der Waals surface area contributed by atoms with Crippen molar-refractivity contribution < 1.29 is 14.3 Å². The molecule has 1 saturated carbocycles. The van der Waals surface area contributed by atoms with Gasteiger partial charge in [-0.25, -0.2) is 4.79 Å². The highest BCUT2D eigenvalue weighted by atomic mass is 35.5. The molecule has 2 heterocycles. The van der Waals surface area contributed by atoms with Crippen LogP contribution in [0.15, 0.2) is 40.9 Å². The molecule has 3 atom stereocenters. The number of nitrogens with zero attached hydrogens (tertiary/aromatic N) is 2. The van der Waals surface area contributed by atoms with Gasteiger partial charge >= 0.3 is 5.97 Å². The number of hydrogen-bond donors (Lipinski definition) is 0. The third kappa shape index (κ3) is 3.27. The lowest BCUT2D eigenvalue weighted by atomic mass is 9.74.